The number of hydrogen-bond donors (Lipinski definition) is 1. The van der Waals surface area contributed by atoms with Crippen LogP contribution in [0.4, 0.5) is 4.79 Å². The number of ether oxygens (including phenoxy) is 1. The van der Waals surface area contributed by atoms with E-state index in [-0.39, 0.29) is 6.09 Å². The van der Waals surface area contributed by atoms with Crippen LogP contribution in [-0.4, -0.2) is 60.1 Å². The minimum Gasteiger partial charge on any atom is -0.444 e. The van der Waals surface area contributed by atoms with Crippen molar-refractivity contribution in [2.75, 3.05) is 13.1 Å². The Bertz CT molecular complexity index is 1270. The minimum atomic E-state index is -0.462. The molecule has 0 unspecified atom stereocenters. The highest BCUT2D eigenvalue weighted by Gasteiger charge is 2.27. The van der Waals surface area contributed by atoms with Gasteiger partial charge in [0.2, 0.25) is 0 Å². The summed E-state index contributed by atoms with van der Waals surface area (Å²) in [6.07, 6.45) is 7.03. The molecule has 174 valence electrons. The lowest BCUT2D eigenvalue weighted by atomic mass is 10.1. The van der Waals surface area contributed by atoms with Crippen molar-refractivity contribution in [3.63, 3.8) is 0 Å². The zero-order valence-electron chi connectivity index (χ0n) is 18.5. The maximum atomic E-state index is 12.2. The summed E-state index contributed by atoms with van der Waals surface area (Å²) in [5.41, 5.74) is 1.20. The molecular formula is C21H24BrN7O2S2. The summed E-state index contributed by atoms with van der Waals surface area (Å²) in [5.74, 6) is 0. The van der Waals surface area contributed by atoms with Gasteiger partial charge < -0.3 is 15.0 Å². The summed E-state index contributed by atoms with van der Waals surface area (Å²) in [6.45, 7) is 7.78. The van der Waals surface area contributed by atoms with E-state index in [0.29, 0.717) is 30.3 Å². The first kappa shape index (κ1) is 22.6. The number of piperidine rings is 1. The highest BCUT2D eigenvalue weighted by molar-refractivity contribution is 9.10. The maximum absolute atomic E-state index is 12.2. The van der Waals surface area contributed by atoms with Crippen LogP contribution in [0.25, 0.3) is 26.0 Å². The summed E-state index contributed by atoms with van der Waals surface area (Å²) in [7, 11) is 0. The molecule has 5 heterocycles. The Balaban J connectivity index is 1.19. The van der Waals surface area contributed by atoms with Crippen molar-refractivity contribution in [1.82, 2.24) is 34.6 Å². The van der Waals surface area contributed by atoms with Crippen LogP contribution in [0.15, 0.2) is 23.2 Å². The van der Waals surface area contributed by atoms with E-state index in [2.05, 4.69) is 31.2 Å². The second-order valence-corrected chi connectivity index (χ2v) is 11.7. The molecule has 33 heavy (non-hydrogen) atoms. The Morgan fingerprint density at radius 2 is 1.97 bits per heavy atom. The molecule has 4 aromatic rings. The number of halogens is 1. The van der Waals surface area contributed by atoms with E-state index in [9.17, 15) is 4.79 Å². The van der Waals surface area contributed by atoms with Gasteiger partial charge in [0, 0.05) is 38.1 Å². The largest absolute Gasteiger partial charge is 0.444 e. The quantitative estimate of drug-likeness (QED) is 0.393. The van der Waals surface area contributed by atoms with E-state index < -0.39 is 5.60 Å². The zero-order chi connectivity index (χ0) is 23.2. The predicted molar refractivity (Wildman–Crippen MR) is 133 cm³/mol. The van der Waals surface area contributed by atoms with Gasteiger partial charge in [-0.2, -0.15) is 0 Å². The molecular weight excluding hydrogens is 526 g/mol. The van der Waals surface area contributed by atoms with Gasteiger partial charge in [-0.1, -0.05) is 22.7 Å². The Kier molecular flexibility index (Phi) is 6.10. The molecule has 1 amide bonds. The number of carbonyl (C=O) groups excluding carboxylic acids is 1. The standard InChI is InChI=1S/C21H24BrN7O2S2/c1-21(2,3)31-20(30)28-7-4-12(5-8-28)24-11-14-26-18-19(32-14)27-17(33-18)13-10-25-15(22)16-23-6-9-29(13)16/h6,9-10,12,24H,4-5,7-8,11H2,1-3H3. The molecule has 5 rings (SSSR count). The summed E-state index contributed by atoms with van der Waals surface area (Å²) in [6, 6.07) is 0.359. The van der Waals surface area contributed by atoms with Gasteiger partial charge in [0.05, 0.1) is 6.20 Å². The molecule has 1 fully saturated rings. The fourth-order valence-corrected chi connectivity index (χ4v) is 6.15. The van der Waals surface area contributed by atoms with Crippen molar-refractivity contribution in [2.45, 2.75) is 51.8 Å². The van der Waals surface area contributed by atoms with Crippen molar-refractivity contribution < 1.29 is 9.53 Å². The number of nitrogens with zero attached hydrogens (tertiary/aromatic N) is 6. The minimum absolute atomic E-state index is 0.225. The molecule has 0 atom stereocenters. The van der Waals surface area contributed by atoms with Gasteiger partial charge in [-0.05, 0) is 49.5 Å². The third kappa shape index (κ3) is 4.88. The molecule has 12 heteroatoms. The molecule has 0 spiro atoms. The highest BCUT2D eigenvalue weighted by Crippen LogP contribution is 2.33. The lowest BCUT2D eigenvalue weighted by Crippen LogP contribution is -2.46. The average molecular weight is 551 g/mol. The molecule has 9 nitrogen and oxygen atoms in total. The van der Waals surface area contributed by atoms with Crippen LogP contribution in [0, 0.1) is 0 Å². The number of carbonyl (C=O) groups is 1. The predicted octanol–water partition coefficient (Wildman–Crippen LogP) is 4.71. The number of rotatable bonds is 4. The second kappa shape index (κ2) is 8.90. The van der Waals surface area contributed by atoms with Crippen molar-refractivity contribution >= 4 is 60.0 Å². The second-order valence-electron chi connectivity index (χ2n) is 8.91. The van der Waals surface area contributed by atoms with Gasteiger partial charge in [-0.15, -0.1) is 0 Å². The first-order valence-corrected chi connectivity index (χ1v) is 13.1. The Labute approximate surface area is 207 Å². The number of fused-ring (bicyclic) bond motifs is 2. The fraction of sp³-hybridized carbons (Fsp3) is 0.476. The normalized spacial score (nSPS) is 15.6. The molecule has 1 aliphatic heterocycles. The van der Waals surface area contributed by atoms with Crippen molar-refractivity contribution in [2.24, 2.45) is 0 Å². The van der Waals surface area contributed by atoms with Crippen LogP contribution in [0.2, 0.25) is 0 Å². The van der Waals surface area contributed by atoms with Crippen LogP contribution in [0.5, 0.6) is 0 Å². The monoisotopic (exact) mass is 549 g/mol. The van der Waals surface area contributed by atoms with Gasteiger partial charge in [0.15, 0.2) is 15.3 Å². The summed E-state index contributed by atoms with van der Waals surface area (Å²) in [4.78, 5) is 34.2. The van der Waals surface area contributed by atoms with Gasteiger partial charge in [0.25, 0.3) is 0 Å². The molecule has 4 aromatic heterocycles. The van der Waals surface area contributed by atoms with Gasteiger partial charge in [-0.25, -0.2) is 24.7 Å². The lowest BCUT2D eigenvalue weighted by molar-refractivity contribution is 0.0198. The molecule has 1 aliphatic rings. The van der Waals surface area contributed by atoms with E-state index >= 15 is 0 Å². The lowest BCUT2D eigenvalue weighted by Gasteiger charge is -2.33. The molecule has 1 N–H and O–H groups in total. The zero-order valence-corrected chi connectivity index (χ0v) is 21.8. The Hall–Kier alpha value is -2.15. The van der Waals surface area contributed by atoms with Crippen molar-refractivity contribution in [1.29, 1.82) is 0 Å². The number of amides is 1. The van der Waals surface area contributed by atoms with Crippen molar-refractivity contribution in [3.8, 4) is 10.7 Å². The highest BCUT2D eigenvalue weighted by atomic mass is 79.9. The summed E-state index contributed by atoms with van der Waals surface area (Å²) in [5, 5.41) is 5.48. The third-order valence-electron chi connectivity index (χ3n) is 5.31. The molecule has 0 radical (unpaired) electrons. The Morgan fingerprint density at radius 3 is 2.70 bits per heavy atom. The van der Waals surface area contributed by atoms with E-state index in [4.69, 9.17) is 14.7 Å². The molecule has 0 bridgehead atoms. The summed E-state index contributed by atoms with van der Waals surface area (Å²) >= 11 is 6.61. The van der Waals surface area contributed by atoms with Crippen LogP contribution < -0.4 is 5.32 Å². The smallest absolute Gasteiger partial charge is 0.410 e. The molecule has 0 saturated carbocycles. The number of likely N-dealkylation sites (tertiary alicyclic amines) is 1. The van der Waals surface area contributed by atoms with Crippen LogP contribution in [0.1, 0.15) is 38.6 Å². The van der Waals surface area contributed by atoms with Crippen LogP contribution in [-0.2, 0) is 11.3 Å². The number of aromatic nitrogens is 5. The van der Waals surface area contributed by atoms with E-state index in [1.165, 1.54) is 0 Å². The number of nitrogens with one attached hydrogen (secondary N) is 1. The van der Waals surface area contributed by atoms with Gasteiger partial charge in [0.1, 0.15) is 25.9 Å². The number of imidazole rings is 1. The topological polar surface area (TPSA) is 97.5 Å². The molecule has 0 aliphatic carbocycles. The van der Waals surface area contributed by atoms with Gasteiger partial charge in [-0.3, -0.25) is 4.40 Å². The SMILES string of the molecule is CC(C)(C)OC(=O)N1CCC(NCc2nc3sc(-c4cnc(Br)c5nccn45)nc3s2)CC1. The number of thiazole rings is 2. The summed E-state index contributed by atoms with van der Waals surface area (Å²) < 4.78 is 8.16. The van der Waals surface area contributed by atoms with E-state index in [1.807, 2.05) is 31.4 Å². The molecule has 0 aromatic carbocycles. The molecule has 1 saturated heterocycles. The average Bonchev–Trinajstić information content (AvgIpc) is 3.47. The van der Waals surface area contributed by atoms with E-state index in [0.717, 1.165) is 43.9 Å². The van der Waals surface area contributed by atoms with Crippen LogP contribution >= 0.6 is 38.6 Å². The van der Waals surface area contributed by atoms with E-state index in [1.54, 1.807) is 40.0 Å². The third-order valence-corrected chi connectivity index (χ3v) is 7.92. The van der Waals surface area contributed by atoms with Crippen molar-refractivity contribution in [3.05, 3.63) is 28.2 Å². The fourth-order valence-electron chi connectivity index (χ4n) is 3.74. The van der Waals surface area contributed by atoms with Crippen LogP contribution in [0.3, 0.4) is 0 Å². The maximum Gasteiger partial charge on any atom is 0.410 e. The number of hydrogen-bond acceptors (Lipinski definition) is 9. The Morgan fingerprint density at radius 1 is 1.21 bits per heavy atom. The first-order chi connectivity index (χ1) is 15.8. The first-order valence-electron chi connectivity index (χ1n) is 10.7. The van der Waals surface area contributed by atoms with Gasteiger partial charge >= 0.3 is 6.09 Å².